The van der Waals surface area contributed by atoms with Gasteiger partial charge in [-0.15, -0.1) is 0 Å². The van der Waals surface area contributed by atoms with E-state index in [1.807, 2.05) is 56.3 Å². The average molecular weight is 378 g/mol. The van der Waals surface area contributed by atoms with E-state index in [9.17, 15) is 0 Å². The van der Waals surface area contributed by atoms with Gasteiger partial charge in [0.05, 0.1) is 18.9 Å². The second kappa shape index (κ2) is 9.60. The highest BCUT2D eigenvalue weighted by atomic mass is 16.5. The summed E-state index contributed by atoms with van der Waals surface area (Å²) in [5.74, 6) is 2.94. The molecule has 0 aliphatic carbocycles. The van der Waals surface area contributed by atoms with E-state index in [4.69, 9.17) is 9.47 Å². The number of nitrogens with one attached hydrogen (secondary N) is 2. The van der Waals surface area contributed by atoms with E-state index in [1.54, 1.807) is 13.3 Å². The summed E-state index contributed by atoms with van der Waals surface area (Å²) >= 11 is 0. The third-order valence-electron chi connectivity index (χ3n) is 4.03. The van der Waals surface area contributed by atoms with Crippen LogP contribution in [0.3, 0.4) is 0 Å². The summed E-state index contributed by atoms with van der Waals surface area (Å²) in [6, 6.07) is 17.7. The zero-order chi connectivity index (χ0) is 19.8. The first-order valence-corrected chi connectivity index (χ1v) is 9.36. The van der Waals surface area contributed by atoms with Gasteiger partial charge in [-0.1, -0.05) is 24.3 Å². The highest BCUT2D eigenvalue weighted by Gasteiger charge is 2.07. The highest BCUT2D eigenvalue weighted by molar-refractivity contribution is 5.63. The van der Waals surface area contributed by atoms with Crippen molar-refractivity contribution in [1.29, 1.82) is 0 Å². The van der Waals surface area contributed by atoms with Gasteiger partial charge in [-0.25, -0.2) is 4.98 Å². The van der Waals surface area contributed by atoms with Gasteiger partial charge in [0.1, 0.15) is 17.3 Å². The lowest BCUT2D eigenvalue weighted by atomic mass is 10.1. The Morgan fingerprint density at radius 2 is 1.79 bits per heavy atom. The van der Waals surface area contributed by atoms with Crippen molar-refractivity contribution in [3.05, 3.63) is 66.4 Å². The number of anilines is 3. The Hall–Kier alpha value is -3.28. The number of methoxy groups -OCH3 is 1. The van der Waals surface area contributed by atoms with Crippen LogP contribution in [0, 0.1) is 0 Å². The molecule has 0 radical (unpaired) electrons. The fraction of sp³-hybridized carbons (Fsp3) is 0.273. The lowest BCUT2D eigenvalue weighted by molar-refractivity contribution is 0.244. The molecule has 6 heteroatoms. The standard InChI is InChI=1S/C22H26N4O2/c1-16(2)28-20-7-5-4-6-19(20)25-22-24-15-13-21(26-22)23-14-12-17-8-10-18(27-3)11-9-17/h4-11,13,15-16H,12,14H2,1-3H3,(H2,23,24,25,26). The van der Waals surface area contributed by atoms with E-state index in [0.717, 1.165) is 36.0 Å². The molecule has 0 saturated heterocycles. The van der Waals surface area contributed by atoms with Crippen LogP contribution in [0.15, 0.2) is 60.8 Å². The van der Waals surface area contributed by atoms with Crippen LogP contribution in [-0.4, -0.2) is 29.7 Å². The molecule has 0 fully saturated rings. The number of hydrogen-bond donors (Lipinski definition) is 2. The van der Waals surface area contributed by atoms with Crippen LogP contribution in [-0.2, 0) is 6.42 Å². The number of benzene rings is 2. The largest absolute Gasteiger partial charge is 0.497 e. The summed E-state index contributed by atoms with van der Waals surface area (Å²) < 4.78 is 11.0. The molecule has 1 aromatic heterocycles. The zero-order valence-electron chi connectivity index (χ0n) is 16.5. The summed E-state index contributed by atoms with van der Waals surface area (Å²) in [6.07, 6.45) is 2.72. The van der Waals surface area contributed by atoms with Crippen LogP contribution < -0.4 is 20.1 Å². The van der Waals surface area contributed by atoms with E-state index < -0.39 is 0 Å². The molecule has 28 heavy (non-hydrogen) atoms. The molecule has 2 aromatic carbocycles. The van der Waals surface area contributed by atoms with Crippen molar-refractivity contribution in [2.24, 2.45) is 0 Å². The van der Waals surface area contributed by atoms with Crippen molar-refractivity contribution in [3.8, 4) is 11.5 Å². The molecule has 1 heterocycles. The van der Waals surface area contributed by atoms with E-state index in [0.29, 0.717) is 5.95 Å². The molecule has 0 aliphatic rings. The van der Waals surface area contributed by atoms with E-state index >= 15 is 0 Å². The predicted molar refractivity (Wildman–Crippen MR) is 113 cm³/mol. The van der Waals surface area contributed by atoms with E-state index in [-0.39, 0.29) is 6.10 Å². The summed E-state index contributed by atoms with van der Waals surface area (Å²) in [4.78, 5) is 8.85. The third kappa shape index (κ3) is 5.61. The Morgan fingerprint density at radius 1 is 1.00 bits per heavy atom. The number of hydrogen-bond acceptors (Lipinski definition) is 6. The number of aromatic nitrogens is 2. The SMILES string of the molecule is COc1ccc(CCNc2ccnc(Nc3ccccc3OC(C)C)n2)cc1. The Bertz CT molecular complexity index is 882. The molecular formula is C22H26N4O2. The third-order valence-corrected chi connectivity index (χ3v) is 4.03. The number of ether oxygens (including phenoxy) is 2. The lowest BCUT2D eigenvalue weighted by Crippen LogP contribution is -2.09. The molecular weight excluding hydrogens is 352 g/mol. The lowest BCUT2D eigenvalue weighted by Gasteiger charge is -2.15. The smallest absolute Gasteiger partial charge is 0.229 e. The molecule has 0 amide bonds. The fourth-order valence-electron chi connectivity index (χ4n) is 2.69. The molecule has 0 aliphatic heterocycles. The van der Waals surface area contributed by atoms with Crippen LogP contribution in [0.5, 0.6) is 11.5 Å². The fourth-order valence-corrected chi connectivity index (χ4v) is 2.69. The molecule has 0 bridgehead atoms. The average Bonchev–Trinajstić information content (AvgIpc) is 2.70. The van der Waals surface area contributed by atoms with Crippen molar-refractivity contribution in [2.45, 2.75) is 26.4 Å². The number of para-hydroxylation sites is 2. The summed E-state index contributed by atoms with van der Waals surface area (Å²) in [6.45, 7) is 4.77. The molecule has 3 rings (SSSR count). The maximum atomic E-state index is 5.84. The van der Waals surface area contributed by atoms with Crippen LogP contribution in [0.1, 0.15) is 19.4 Å². The van der Waals surface area contributed by atoms with Crippen LogP contribution >= 0.6 is 0 Å². The minimum absolute atomic E-state index is 0.0924. The topological polar surface area (TPSA) is 68.3 Å². The van der Waals surface area contributed by atoms with Gasteiger partial charge in [0.2, 0.25) is 5.95 Å². The Kier molecular flexibility index (Phi) is 6.68. The van der Waals surface area contributed by atoms with E-state index in [2.05, 4.69) is 32.7 Å². The van der Waals surface area contributed by atoms with Crippen molar-refractivity contribution >= 4 is 17.5 Å². The normalized spacial score (nSPS) is 10.6. The first-order chi connectivity index (χ1) is 13.6. The second-order valence-corrected chi connectivity index (χ2v) is 6.58. The van der Waals surface area contributed by atoms with Crippen molar-refractivity contribution < 1.29 is 9.47 Å². The zero-order valence-corrected chi connectivity index (χ0v) is 16.5. The summed E-state index contributed by atoms with van der Waals surface area (Å²) in [5, 5.41) is 6.58. The Morgan fingerprint density at radius 3 is 2.54 bits per heavy atom. The summed E-state index contributed by atoms with van der Waals surface area (Å²) in [7, 11) is 1.67. The van der Waals surface area contributed by atoms with Crippen LogP contribution in [0.4, 0.5) is 17.5 Å². The highest BCUT2D eigenvalue weighted by Crippen LogP contribution is 2.27. The second-order valence-electron chi connectivity index (χ2n) is 6.58. The molecule has 3 aromatic rings. The first kappa shape index (κ1) is 19.5. The minimum Gasteiger partial charge on any atom is -0.497 e. The maximum Gasteiger partial charge on any atom is 0.229 e. The molecule has 6 nitrogen and oxygen atoms in total. The molecule has 0 saturated carbocycles. The molecule has 0 atom stereocenters. The van der Waals surface area contributed by atoms with Crippen molar-refractivity contribution in [3.63, 3.8) is 0 Å². The number of rotatable bonds is 9. The first-order valence-electron chi connectivity index (χ1n) is 9.36. The van der Waals surface area contributed by atoms with Gasteiger partial charge in [0, 0.05) is 12.7 Å². The van der Waals surface area contributed by atoms with Gasteiger partial charge in [-0.3, -0.25) is 0 Å². The van der Waals surface area contributed by atoms with Gasteiger partial charge in [0.15, 0.2) is 0 Å². The van der Waals surface area contributed by atoms with Crippen molar-refractivity contribution in [1.82, 2.24) is 9.97 Å². The van der Waals surface area contributed by atoms with Gasteiger partial charge >= 0.3 is 0 Å². The van der Waals surface area contributed by atoms with Crippen LogP contribution in [0.2, 0.25) is 0 Å². The van der Waals surface area contributed by atoms with Gasteiger partial charge in [-0.05, 0) is 56.2 Å². The maximum absolute atomic E-state index is 5.84. The monoisotopic (exact) mass is 378 g/mol. The predicted octanol–water partition coefficient (Wildman–Crippen LogP) is 4.67. The van der Waals surface area contributed by atoms with Gasteiger partial charge in [-0.2, -0.15) is 4.98 Å². The van der Waals surface area contributed by atoms with E-state index in [1.165, 1.54) is 5.56 Å². The Labute approximate surface area is 166 Å². The van der Waals surface area contributed by atoms with Crippen LogP contribution in [0.25, 0.3) is 0 Å². The molecule has 0 unspecified atom stereocenters. The molecule has 2 N–H and O–H groups in total. The quantitative estimate of drug-likeness (QED) is 0.564. The minimum atomic E-state index is 0.0924. The Balaban J connectivity index is 1.59. The van der Waals surface area contributed by atoms with Gasteiger partial charge < -0.3 is 20.1 Å². The number of nitrogens with zero attached hydrogens (tertiary/aromatic N) is 2. The molecule has 146 valence electrons. The molecule has 0 spiro atoms. The van der Waals surface area contributed by atoms with Crippen molar-refractivity contribution in [2.75, 3.05) is 24.3 Å². The summed E-state index contributed by atoms with van der Waals surface area (Å²) in [5.41, 5.74) is 2.08. The van der Waals surface area contributed by atoms with Gasteiger partial charge in [0.25, 0.3) is 0 Å².